The summed E-state index contributed by atoms with van der Waals surface area (Å²) >= 11 is 0. The summed E-state index contributed by atoms with van der Waals surface area (Å²) in [6.07, 6.45) is 4.09. The second-order valence-electron chi connectivity index (χ2n) is 3.14. The van der Waals surface area contributed by atoms with Gasteiger partial charge in [0, 0.05) is 0 Å². The molecule has 0 aliphatic heterocycles. The van der Waals surface area contributed by atoms with E-state index in [1.807, 2.05) is 0 Å². The molecule has 0 spiro atoms. The van der Waals surface area contributed by atoms with Gasteiger partial charge in [-0.15, -0.1) is 5.10 Å². The summed E-state index contributed by atoms with van der Waals surface area (Å²) in [6.45, 7) is 0. The van der Waals surface area contributed by atoms with E-state index in [0.717, 1.165) is 5.56 Å². The Hall–Kier alpha value is -1.45. The van der Waals surface area contributed by atoms with Gasteiger partial charge in [0.05, 0.1) is 13.3 Å². The number of carbonyl (C=O) groups excluding carboxylic acids is 1. The van der Waals surface area contributed by atoms with E-state index in [2.05, 4.69) is 14.9 Å². The van der Waals surface area contributed by atoms with E-state index in [9.17, 15) is 4.79 Å². The normalized spacial score (nSPS) is 15.5. The first kappa shape index (κ1) is 8.16. The molecule has 0 unspecified atom stereocenters. The largest absolute Gasteiger partial charge is 0.464 e. The molecule has 1 aliphatic carbocycles. The van der Waals surface area contributed by atoms with Crippen molar-refractivity contribution < 1.29 is 9.53 Å². The molecule has 1 aromatic heterocycles. The van der Waals surface area contributed by atoms with Crippen LogP contribution in [0, 0.1) is 0 Å². The zero-order valence-electron chi connectivity index (χ0n) is 7.36. The average molecular weight is 178 g/mol. The van der Waals surface area contributed by atoms with Crippen molar-refractivity contribution in [3.05, 3.63) is 23.5 Å². The number of nitrogens with zero attached hydrogens (tertiary/aromatic N) is 2. The van der Waals surface area contributed by atoms with Gasteiger partial charge in [-0.25, -0.2) is 4.79 Å². The fourth-order valence-electron chi connectivity index (χ4n) is 1.23. The maximum absolute atomic E-state index is 11.1. The number of ether oxygens (including phenoxy) is 1. The summed E-state index contributed by atoms with van der Waals surface area (Å²) in [6, 6.07) is 1.76. The first-order valence-electron chi connectivity index (χ1n) is 4.22. The number of hydrogen-bond donors (Lipinski definition) is 0. The number of aromatic nitrogens is 2. The van der Waals surface area contributed by atoms with Gasteiger partial charge in [-0.2, -0.15) is 5.10 Å². The van der Waals surface area contributed by atoms with Crippen molar-refractivity contribution in [1.29, 1.82) is 0 Å². The van der Waals surface area contributed by atoms with Crippen LogP contribution in [-0.4, -0.2) is 23.3 Å². The lowest BCUT2D eigenvalue weighted by Crippen LogP contribution is -2.05. The first-order valence-corrected chi connectivity index (χ1v) is 4.22. The Kier molecular flexibility index (Phi) is 1.96. The molecule has 0 saturated heterocycles. The zero-order chi connectivity index (χ0) is 9.26. The standard InChI is InChI=1S/C9H10N2O2/c1-13-9(12)8-4-7(5-10-11-8)6-2-3-6/h4-6H,2-3H2,1H3. The highest BCUT2D eigenvalue weighted by atomic mass is 16.5. The van der Waals surface area contributed by atoms with Gasteiger partial charge in [-0.3, -0.25) is 0 Å². The van der Waals surface area contributed by atoms with Crippen LogP contribution in [0.1, 0.15) is 34.8 Å². The molecule has 13 heavy (non-hydrogen) atoms. The Morgan fingerprint density at radius 2 is 2.38 bits per heavy atom. The SMILES string of the molecule is COC(=O)c1cc(C2CC2)cnn1. The molecule has 0 radical (unpaired) electrons. The van der Waals surface area contributed by atoms with E-state index in [4.69, 9.17) is 0 Å². The van der Waals surface area contributed by atoms with E-state index in [0.29, 0.717) is 11.6 Å². The molecular weight excluding hydrogens is 168 g/mol. The van der Waals surface area contributed by atoms with Gasteiger partial charge in [0.15, 0.2) is 5.69 Å². The Balaban J connectivity index is 2.26. The Morgan fingerprint density at radius 3 is 3.00 bits per heavy atom. The number of methoxy groups -OCH3 is 1. The second-order valence-corrected chi connectivity index (χ2v) is 3.14. The van der Waals surface area contributed by atoms with E-state index in [1.54, 1.807) is 12.3 Å². The van der Waals surface area contributed by atoms with Crippen LogP contribution < -0.4 is 0 Å². The van der Waals surface area contributed by atoms with Gasteiger partial charge in [-0.1, -0.05) is 0 Å². The lowest BCUT2D eigenvalue weighted by atomic mass is 10.2. The summed E-state index contributed by atoms with van der Waals surface area (Å²) < 4.78 is 4.55. The van der Waals surface area contributed by atoms with Gasteiger partial charge in [0.2, 0.25) is 0 Å². The van der Waals surface area contributed by atoms with Gasteiger partial charge in [0.25, 0.3) is 0 Å². The highest BCUT2D eigenvalue weighted by Gasteiger charge is 2.25. The number of rotatable bonds is 2. The van der Waals surface area contributed by atoms with Crippen LogP contribution in [0.25, 0.3) is 0 Å². The maximum atomic E-state index is 11.1. The quantitative estimate of drug-likeness (QED) is 0.637. The summed E-state index contributed by atoms with van der Waals surface area (Å²) in [5, 5.41) is 7.46. The molecule has 1 fully saturated rings. The van der Waals surface area contributed by atoms with Gasteiger partial charge >= 0.3 is 5.97 Å². The molecule has 0 bridgehead atoms. The van der Waals surface area contributed by atoms with Crippen molar-refractivity contribution in [2.24, 2.45) is 0 Å². The number of hydrogen-bond acceptors (Lipinski definition) is 4. The van der Waals surface area contributed by atoms with Crippen molar-refractivity contribution in [1.82, 2.24) is 10.2 Å². The molecule has 0 aromatic carbocycles. The summed E-state index contributed by atoms with van der Waals surface area (Å²) in [5.74, 6) is 0.161. The first-order chi connectivity index (χ1) is 6.31. The van der Waals surface area contributed by atoms with E-state index < -0.39 is 5.97 Å². The Bertz CT molecular complexity index is 334. The Morgan fingerprint density at radius 1 is 1.62 bits per heavy atom. The van der Waals surface area contributed by atoms with Crippen molar-refractivity contribution in [3.8, 4) is 0 Å². The molecule has 1 aliphatic rings. The number of esters is 1. The van der Waals surface area contributed by atoms with Crippen LogP contribution >= 0.6 is 0 Å². The third kappa shape index (κ3) is 1.66. The molecular formula is C9H10N2O2. The lowest BCUT2D eigenvalue weighted by Gasteiger charge is -1.99. The molecule has 0 atom stereocenters. The molecule has 2 rings (SSSR count). The minimum Gasteiger partial charge on any atom is -0.464 e. The van der Waals surface area contributed by atoms with Crippen LogP contribution in [0.15, 0.2) is 12.3 Å². The van der Waals surface area contributed by atoms with E-state index in [-0.39, 0.29) is 0 Å². The predicted octanol–water partition coefficient (Wildman–Crippen LogP) is 1.14. The van der Waals surface area contributed by atoms with Gasteiger partial charge in [0.1, 0.15) is 0 Å². The second kappa shape index (κ2) is 3.12. The number of carbonyl (C=O) groups is 1. The molecule has 1 aromatic rings. The molecule has 1 saturated carbocycles. The van der Waals surface area contributed by atoms with E-state index >= 15 is 0 Å². The molecule has 4 heteroatoms. The zero-order valence-corrected chi connectivity index (χ0v) is 7.36. The average Bonchev–Trinajstić information content (AvgIpc) is 3.00. The van der Waals surface area contributed by atoms with Crippen molar-refractivity contribution in [3.63, 3.8) is 0 Å². The summed E-state index contributed by atoms with van der Waals surface area (Å²) in [5.41, 5.74) is 1.39. The van der Waals surface area contributed by atoms with Crippen molar-refractivity contribution in [2.45, 2.75) is 18.8 Å². The van der Waals surface area contributed by atoms with Gasteiger partial charge in [-0.05, 0) is 30.4 Å². The Labute approximate surface area is 75.9 Å². The fraction of sp³-hybridized carbons (Fsp3) is 0.444. The molecule has 0 amide bonds. The highest BCUT2D eigenvalue weighted by Crippen LogP contribution is 2.39. The van der Waals surface area contributed by atoms with Crippen LogP contribution in [0.2, 0.25) is 0 Å². The third-order valence-electron chi connectivity index (χ3n) is 2.12. The smallest absolute Gasteiger partial charge is 0.358 e. The summed E-state index contributed by atoms with van der Waals surface area (Å²) in [4.78, 5) is 11.1. The molecule has 68 valence electrons. The summed E-state index contributed by atoms with van der Waals surface area (Å²) in [7, 11) is 1.34. The molecule has 4 nitrogen and oxygen atoms in total. The van der Waals surface area contributed by atoms with Crippen LogP contribution in [0.4, 0.5) is 0 Å². The minimum atomic E-state index is -0.421. The third-order valence-corrected chi connectivity index (χ3v) is 2.12. The molecule has 0 N–H and O–H groups in total. The minimum absolute atomic E-state index is 0.298. The van der Waals surface area contributed by atoms with Crippen LogP contribution in [0.5, 0.6) is 0 Å². The monoisotopic (exact) mass is 178 g/mol. The van der Waals surface area contributed by atoms with Crippen molar-refractivity contribution >= 4 is 5.97 Å². The fourth-order valence-corrected chi connectivity index (χ4v) is 1.23. The highest BCUT2D eigenvalue weighted by molar-refractivity contribution is 5.87. The maximum Gasteiger partial charge on any atom is 0.358 e. The van der Waals surface area contributed by atoms with Crippen LogP contribution in [0.3, 0.4) is 0 Å². The topological polar surface area (TPSA) is 52.1 Å². The molecule has 1 heterocycles. The van der Waals surface area contributed by atoms with E-state index in [1.165, 1.54) is 20.0 Å². The lowest BCUT2D eigenvalue weighted by molar-refractivity contribution is 0.0592. The predicted molar refractivity (Wildman–Crippen MR) is 45.3 cm³/mol. The van der Waals surface area contributed by atoms with Gasteiger partial charge < -0.3 is 4.74 Å². The van der Waals surface area contributed by atoms with Crippen molar-refractivity contribution in [2.75, 3.05) is 7.11 Å². The van der Waals surface area contributed by atoms with Crippen LogP contribution in [-0.2, 0) is 4.74 Å².